The van der Waals surface area contributed by atoms with E-state index in [0.717, 1.165) is 24.8 Å². The average molecular weight is 390 g/mol. The lowest BCUT2D eigenvalue weighted by molar-refractivity contribution is -0.135. The van der Waals surface area contributed by atoms with Gasteiger partial charge in [0.1, 0.15) is 0 Å². The summed E-state index contributed by atoms with van der Waals surface area (Å²) in [6.45, 7) is 1.15. The van der Waals surface area contributed by atoms with Crippen molar-refractivity contribution in [1.29, 1.82) is 5.26 Å². The van der Waals surface area contributed by atoms with E-state index in [0.29, 0.717) is 43.8 Å². The van der Waals surface area contributed by atoms with Gasteiger partial charge in [0, 0.05) is 32.6 Å². The topological polar surface area (TPSA) is 81.5 Å². The van der Waals surface area contributed by atoms with E-state index in [1.807, 2.05) is 18.2 Å². The highest BCUT2D eigenvalue weighted by Crippen LogP contribution is 2.28. The normalized spacial score (nSPS) is 18.5. The molecule has 1 fully saturated rings. The van der Waals surface area contributed by atoms with E-state index in [2.05, 4.69) is 0 Å². The zero-order chi connectivity index (χ0) is 19.4. The van der Waals surface area contributed by atoms with Gasteiger partial charge in [0.25, 0.3) is 0 Å². The predicted octanol–water partition coefficient (Wildman–Crippen LogP) is 2.34. The number of benzene rings is 1. The highest BCUT2D eigenvalue weighted by molar-refractivity contribution is 7.89. The summed E-state index contributed by atoms with van der Waals surface area (Å²) in [5, 5.41) is 8.65. The van der Waals surface area contributed by atoms with Gasteiger partial charge in [-0.05, 0) is 61.8 Å². The third kappa shape index (κ3) is 4.33. The maximum absolute atomic E-state index is 13.0. The molecule has 0 N–H and O–H groups in total. The quantitative estimate of drug-likeness (QED) is 0.774. The summed E-state index contributed by atoms with van der Waals surface area (Å²) in [6.07, 6.45) is 5.63. The predicted molar refractivity (Wildman–Crippen MR) is 102 cm³/mol. The fraction of sp³-hybridized carbons (Fsp3) is 0.600. The molecule has 27 heavy (non-hydrogen) atoms. The molecule has 1 aliphatic carbocycles. The molecule has 1 heterocycles. The monoisotopic (exact) mass is 389 g/mol. The Kier molecular flexibility index (Phi) is 6.18. The van der Waals surface area contributed by atoms with Crippen LogP contribution < -0.4 is 0 Å². The van der Waals surface area contributed by atoms with Crippen LogP contribution in [0.15, 0.2) is 23.1 Å². The summed E-state index contributed by atoms with van der Waals surface area (Å²) < 4.78 is 27.5. The van der Waals surface area contributed by atoms with Crippen molar-refractivity contribution in [1.82, 2.24) is 9.21 Å². The van der Waals surface area contributed by atoms with Crippen LogP contribution in [0.1, 0.15) is 43.2 Å². The molecule has 1 amide bonds. The van der Waals surface area contributed by atoms with E-state index in [1.165, 1.54) is 16.3 Å². The van der Waals surface area contributed by atoms with Crippen LogP contribution >= 0.6 is 0 Å². The van der Waals surface area contributed by atoms with E-state index in [1.54, 1.807) is 18.0 Å². The van der Waals surface area contributed by atoms with Gasteiger partial charge in [-0.2, -0.15) is 9.57 Å². The Balaban J connectivity index is 1.65. The molecule has 1 aliphatic heterocycles. The highest BCUT2D eigenvalue weighted by atomic mass is 32.2. The van der Waals surface area contributed by atoms with E-state index in [9.17, 15) is 13.2 Å². The Morgan fingerprint density at radius 3 is 2.56 bits per heavy atom. The number of fused-ring (bicyclic) bond motifs is 1. The van der Waals surface area contributed by atoms with Crippen molar-refractivity contribution in [3.63, 3.8) is 0 Å². The third-order valence-corrected chi connectivity index (χ3v) is 7.59. The second-order valence-electron chi connectivity index (χ2n) is 7.48. The molecule has 7 heteroatoms. The average Bonchev–Trinajstić information content (AvgIpc) is 2.71. The second-order valence-corrected chi connectivity index (χ2v) is 9.42. The SMILES string of the molecule is CN(CCC#N)C(=O)C1CCN(S(=O)(=O)c2ccc3c(c2)CCCC3)CC1. The minimum Gasteiger partial charge on any atom is -0.344 e. The fourth-order valence-corrected chi connectivity index (χ4v) is 5.52. The van der Waals surface area contributed by atoms with Gasteiger partial charge < -0.3 is 4.90 Å². The van der Waals surface area contributed by atoms with Crippen LogP contribution in [-0.2, 0) is 27.7 Å². The second kappa shape index (κ2) is 8.41. The maximum atomic E-state index is 13.0. The number of nitriles is 1. The molecule has 1 saturated heterocycles. The van der Waals surface area contributed by atoms with Gasteiger partial charge in [-0.1, -0.05) is 6.07 Å². The van der Waals surface area contributed by atoms with E-state index in [4.69, 9.17) is 5.26 Å². The molecule has 2 aliphatic rings. The van der Waals surface area contributed by atoms with Gasteiger partial charge in [-0.3, -0.25) is 4.79 Å². The highest BCUT2D eigenvalue weighted by Gasteiger charge is 2.33. The first-order valence-electron chi connectivity index (χ1n) is 9.67. The van der Waals surface area contributed by atoms with E-state index < -0.39 is 10.0 Å². The first-order chi connectivity index (χ1) is 12.9. The van der Waals surface area contributed by atoms with Crippen LogP contribution in [0.5, 0.6) is 0 Å². The lowest BCUT2D eigenvalue weighted by Crippen LogP contribution is -2.43. The van der Waals surface area contributed by atoms with Crippen LogP contribution in [0.25, 0.3) is 0 Å². The molecule has 0 spiro atoms. The van der Waals surface area contributed by atoms with Gasteiger partial charge in [0.2, 0.25) is 15.9 Å². The van der Waals surface area contributed by atoms with Crippen LogP contribution in [0.3, 0.4) is 0 Å². The number of amides is 1. The van der Waals surface area contributed by atoms with Crippen molar-refractivity contribution in [2.45, 2.75) is 49.8 Å². The van der Waals surface area contributed by atoms with Crippen molar-refractivity contribution in [3.8, 4) is 6.07 Å². The third-order valence-electron chi connectivity index (χ3n) is 5.70. The molecule has 6 nitrogen and oxygen atoms in total. The van der Waals surface area contributed by atoms with E-state index in [-0.39, 0.29) is 11.8 Å². The summed E-state index contributed by atoms with van der Waals surface area (Å²) in [7, 11) is -1.81. The van der Waals surface area contributed by atoms with Gasteiger partial charge in [0.15, 0.2) is 0 Å². The molecule has 0 atom stereocenters. The Morgan fingerprint density at radius 2 is 1.89 bits per heavy atom. The molecule has 0 radical (unpaired) electrons. The molecule has 146 valence electrons. The minimum atomic E-state index is -3.51. The van der Waals surface area contributed by atoms with Crippen molar-refractivity contribution in [2.24, 2.45) is 5.92 Å². The van der Waals surface area contributed by atoms with Crippen LogP contribution in [-0.4, -0.2) is 50.2 Å². The Hall–Kier alpha value is -1.91. The zero-order valence-electron chi connectivity index (χ0n) is 15.9. The van der Waals surface area contributed by atoms with Crippen LogP contribution in [0.4, 0.5) is 0 Å². The fourth-order valence-electron chi connectivity index (χ4n) is 4.00. The molecule has 3 rings (SSSR count). The number of rotatable bonds is 5. The van der Waals surface area contributed by atoms with Gasteiger partial charge >= 0.3 is 0 Å². The lowest BCUT2D eigenvalue weighted by Gasteiger charge is -2.32. The summed E-state index contributed by atoms with van der Waals surface area (Å²) in [4.78, 5) is 14.4. The first kappa shape index (κ1) is 19.8. The number of hydrogen-bond donors (Lipinski definition) is 0. The number of carbonyl (C=O) groups is 1. The molecular weight excluding hydrogens is 362 g/mol. The summed E-state index contributed by atoms with van der Waals surface area (Å²) in [6, 6.07) is 7.57. The van der Waals surface area contributed by atoms with Crippen molar-refractivity contribution >= 4 is 15.9 Å². The first-order valence-corrected chi connectivity index (χ1v) is 11.1. The molecule has 0 aromatic heterocycles. The molecule has 0 bridgehead atoms. The van der Waals surface area contributed by atoms with Crippen molar-refractivity contribution < 1.29 is 13.2 Å². The van der Waals surface area contributed by atoms with Crippen molar-refractivity contribution in [3.05, 3.63) is 29.3 Å². The molecule has 0 unspecified atom stereocenters. The molecular formula is C20H27N3O3S. The summed E-state index contributed by atoms with van der Waals surface area (Å²) in [5.74, 6) is -0.153. The van der Waals surface area contributed by atoms with Gasteiger partial charge in [-0.15, -0.1) is 0 Å². The standard InChI is InChI=1S/C20H27N3O3S/c1-22(12-4-11-21)20(24)17-9-13-23(14-10-17)27(25,26)19-8-7-16-5-2-3-6-18(16)15-19/h7-8,15,17H,2-6,9-10,12-14H2,1H3. The maximum Gasteiger partial charge on any atom is 0.243 e. The van der Waals surface area contributed by atoms with Gasteiger partial charge in [-0.25, -0.2) is 8.42 Å². The smallest absolute Gasteiger partial charge is 0.243 e. The summed E-state index contributed by atoms with van der Waals surface area (Å²) >= 11 is 0. The number of aryl methyl sites for hydroxylation is 2. The Labute approximate surface area is 161 Å². The number of piperidine rings is 1. The largest absolute Gasteiger partial charge is 0.344 e. The number of carbonyl (C=O) groups excluding carboxylic acids is 1. The van der Waals surface area contributed by atoms with Crippen molar-refractivity contribution in [2.75, 3.05) is 26.7 Å². The minimum absolute atomic E-state index is 0.0103. The number of sulfonamides is 1. The number of hydrogen-bond acceptors (Lipinski definition) is 4. The molecule has 1 aromatic rings. The van der Waals surface area contributed by atoms with Crippen LogP contribution in [0, 0.1) is 17.2 Å². The van der Waals surface area contributed by atoms with Crippen LogP contribution in [0.2, 0.25) is 0 Å². The Morgan fingerprint density at radius 1 is 1.22 bits per heavy atom. The molecule has 1 aromatic carbocycles. The molecule has 0 saturated carbocycles. The summed E-state index contributed by atoms with van der Waals surface area (Å²) in [5.41, 5.74) is 2.43. The Bertz CT molecular complexity index is 837. The number of nitrogens with zero attached hydrogens (tertiary/aromatic N) is 3. The zero-order valence-corrected chi connectivity index (χ0v) is 16.7. The van der Waals surface area contributed by atoms with E-state index >= 15 is 0 Å². The van der Waals surface area contributed by atoms with Gasteiger partial charge in [0.05, 0.1) is 17.4 Å². The lowest BCUT2D eigenvalue weighted by atomic mass is 9.92.